The highest BCUT2D eigenvalue weighted by molar-refractivity contribution is 6.02. The summed E-state index contributed by atoms with van der Waals surface area (Å²) in [6, 6.07) is 12.7. The average Bonchev–Trinajstić information content (AvgIpc) is 2.88. The van der Waals surface area contributed by atoms with Crippen molar-refractivity contribution in [1.82, 2.24) is 4.98 Å². The summed E-state index contributed by atoms with van der Waals surface area (Å²) in [7, 11) is 2.87. The molecule has 178 valence electrons. The molecule has 0 aliphatic heterocycles. The maximum atomic E-state index is 12.2. The first-order valence-electron chi connectivity index (χ1n) is 10.4. The van der Waals surface area contributed by atoms with Crippen LogP contribution in [0.15, 0.2) is 84.9 Å². The maximum Gasteiger partial charge on any atom is 0.345 e. The Morgan fingerprint density at radius 3 is 2.26 bits per heavy atom. The van der Waals surface area contributed by atoms with Crippen LogP contribution in [0, 0.1) is 0 Å². The minimum Gasteiger partial charge on any atom is -0.508 e. The first-order chi connectivity index (χ1) is 16.9. The third-order valence-corrected chi connectivity index (χ3v) is 4.67. The van der Waals surface area contributed by atoms with E-state index in [9.17, 15) is 19.8 Å². The number of pyridine rings is 1. The number of rotatable bonds is 9. The number of benzene rings is 2. The third-order valence-electron chi connectivity index (χ3n) is 4.67. The number of phenols is 1. The van der Waals surface area contributed by atoms with Crippen molar-refractivity contribution in [3.63, 3.8) is 0 Å². The predicted octanol–water partition coefficient (Wildman–Crippen LogP) is 4.76. The van der Waals surface area contributed by atoms with E-state index in [4.69, 9.17) is 14.2 Å². The average molecular weight is 473 g/mol. The number of phenolic OH excluding ortho intramolecular Hbond substituents is 1. The zero-order valence-corrected chi connectivity index (χ0v) is 19.0. The van der Waals surface area contributed by atoms with Crippen molar-refractivity contribution in [2.45, 2.75) is 0 Å². The van der Waals surface area contributed by atoms with Gasteiger partial charge in [0.25, 0.3) is 0 Å². The van der Waals surface area contributed by atoms with Gasteiger partial charge in [-0.1, -0.05) is 24.3 Å². The molecule has 0 spiro atoms. The summed E-state index contributed by atoms with van der Waals surface area (Å²) < 4.78 is 15.7. The van der Waals surface area contributed by atoms with Crippen molar-refractivity contribution in [2.24, 2.45) is 0 Å². The number of aliphatic hydroxyl groups is 1. The molecule has 8 heteroatoms. The Morgan fingerprint density at radius 2 is 1.57 bits per heavy atom. The normalized spacial score (nSPS) is 11.5. The molecule has 0 aliphatic rings. The molecule has 0 aliphatic carbocycles. The van der Waals surface area contributed by atoms with Gasteiger partial charge in [0.15, 0.2) is 28.8 Å². The van der Waals surface area contributed by atoms with E-state index >= 15 is 0 Å². The lowest BCUT2D eigenvalue weighted by Gasteiger charge is -2.09. The number of carbonyl (C=O) groups is 2. The molecule has 1 heterocycles. The van der Waals surface area contributed by atoms with Crippen LogP contribution in [0.5, 0.6) is 23.0 Å². The van der Waals surface area contributed by atoms with Crippen LogP contribution in [0.4, 0.5) is 0 Å². The van der Waals surface area contributed by atoms with Crippen molar-refractivity contribution in [2.75, 3.05) is 14.2 Å². The lowest BCUT2D eigenvalue weighted by atomic mass is 10.1. The van der Waals surface area contributed by atoms with Gasteiger partial charge in [-0.3, -0.25) is 9.78 Å². The SMILES string of the molecule is COc1cc(/C=C/C(O)=C\C(=O)/C=C/c2ccc(OC(=O)c3cccnc3)c(OC)c2)ccc1O. The smallest absolute Gasteiger partial charge is 0.345 e. The number of carbonyl (C=O) groups excluding carboxylic acids is 2. The minimum absolute atomic E-state index is 0.000971. The van der Waals surface area contributed by atoms with Crippen molar-refractivity contribution in [1.29, 1.82) is 0 Å². The number of allylic oxidation sites excluding steroid dienone is 3. The summed E-state index contributed by atoms with van der Waals surface area (Å²) in [6.07, 6.45) is 9.76. The number of ether oxygens (including phenoxy) is 3. The van der Waals surface area contributed by atoms with E-state index in [0.717, 1.165) is 6.08 Å². The monoisotopic (exact) mass is 473 g/mol. The molecule has 35 heavy (non-hydrogen) atoms. The van der Waals surface area contributed by atoms with Gasteiger partial charge in [0.2, 0.25) is 0 Å². The fourth-order valence-electron chi connectivity index (χ4n) is 2.91. The summed E-state index contributed by atoms with van der Waals surface area (Å²) in [4.78, 5) is 28.3. The van der Waals surface area contributed by atoms with E-state index in [1.165, 1.54) is 44.7 Å². The Morgan fingerprint density at radius 1 is 0.886 bits per heavy atom. The number of aliphatic hydroxyl groups excluding tert-OH is 1. The highest BCUT2D eigenvalue weighted by atomic mass is 16.6. The highest BCUT2D eigenvalue weighted by Crippen LogP contribution is 2.29. The van der Waals surface area contributed by atoms with E-state index in [0.29, 0.717) is 28.2 Å². The van der Waals surface area contributed by atoms with Gasteiger partial charge >= 0.3 is 5.97 Å². The number of esters is 1. The molecular formula is C27H23NO7. The second-order valence-corrected chi connectivity index (χ2v) is 7.11. The van der Waals surface area contributed by atoms with Gasteiger partial charge in [0.05, 0.1) is 19.8 Å². The molecule has 0 saturated carbocycles. The number of methoxy groups -OCH3 is 2. The van der Waals surface area contributed by atoms with Crippen LogP contribution in [0.1, 0.15) is 21.5 Å². The quantitative estimate of drug-likeness (QED) is 0.150. The first-order valence-corrected chi connectivity index (χ1v) is 10.4. The van der Waals surface area contributed by atoms with Crippen LogP contribution in [-0.4, -0.2) is 41.2 Å². The van der Waals surface area contributed by atoms with Crippen molar-refractivity contribution in [3.8, 4) is 23.0 Å². The van der Waals surface area contributed by atoms with E-state index in [1.54, 1.807) is 54.7 Å². The summed E-state index contributed by atoms with van der Waals surface area (Å²) in [6.45, 7) is 0. The van der Waals surface area contributed by atoms with Crippen molar-refractivity contribution in [3.05, 3.63) is 102 Å². The van der Waals surface area contributed by atoms with Gasteiger partial charge in [-0.05, 0) is 59.7 Å². The Bertz CT molecular complexity index is 1290. The molecule has 0 amide bonds. The van der Waals surface area contributed by atoms with Crippen molar-refractivity contribution < 1.29 is 34.0 Å². The summed E-state index contributed by atoms with van der Waals surface area (Å²) in [5, 5.41) is 19.6. The topological polar surface area (TPSA) is 115 Å². The van der Waals surface area contributed by atoms with Gasteiger partial charge in [-0.2, -0.15) is 0 Å². The molecule has 0 unspecified atom stereocenters. The zero-order chi connectivity index (χ0) is 25.2. The molecule has 8 nitrogen and oxygen atoms in total. The third kappa shape index (κ3) is 7.06. The van der Waals surface area contributed by atoms with E-state index < -0.39 is 11.8 Å². The Balaban J connectivity index is 1.65. The second kappa shape index (κ2) is 11.9. The Labute approximate surface area is 202 Å². The maximum absolute atomic E-state index is 12.2. The standard InChI is InChI=1S/C27H23NO7/c1-33-25-14-18(7-11-23(25)31)5-9-21(29)16-22(30)10-6-19-8-12-24(26(15-19)34-2)35-27(32)20-4-3-13-28-17-20/h3-17,29,31H,1-2H3/b9-5+,10-6+,21-16+. The number of ketones is 1. The molecule has 0 radical (unpaired) electrons. The first kappa shape index (κ1) is 24.8. The lowest BCUT2D eigenvalue weighted by Crippen LogP contribution is -2.09. The molecule has 2 N–H and O–H groups in total. The molecule has 0 bridgehead atoms. The molecule has 3 rings (SSSR count). The summed E-state index contributed by atoms with van der Waals surface area (Å²) in [5.74, 6) is -0.442. The van der Waals surface area contributed by atoms with Crippen LogP contribution < -0.4 is 14.2 Å². The van der Waals surface area contributed by atoms with E-state index in [1.807, 2.05) is 0 Å². The molecule has 0 fully saturated rings. The van der Waals surface area contributed by atoms with E-state index in [-0.39, 0.29) is 17.3 Å². The van der Waals surface area contributed by atoms with Crippen LogP contribution in [0.25, 0.3) is 12.2 Å². The Kier molecular flexibility index (Phi) is 8.39. The zero-order valence-electron chi connectivity index (χ0n) is 19.0. The number of nitrogens with zero attached hydrogens (tertiary/aromatic N) is 1. The second-order valence-electron chi connectivity index (χ2n) is 7.11. The van der Waals surface area contributed by atoms with Gasteiger partial charge in [0, 0.05) is 18.5 Å². The van der Waals surface area contributed by atoms with Crippen LogP contribution >= 0.6 is 0 Å². The predicted molar refractivity (Wildman–Crippen MR) is 131 cm³/mol. The van der Waals surface area contributed by atoms with Crippen LogP contribution in [0.3, 0.4) is 0 Å². The fraction of sp³-hybridized carbons (Fsp3) is 0.0741. The number of hydrogen-bond donors (Lipinski definition) is 2. The summed E-state index contributed by atoms with van der Waals surface area (Å²) >= 11 is 0. The number of hydrogen-bond acceptors (Lipinski definition) is 8. The molecule has 3 aromatic rings. The van der Waals surface area contributed by atoms with Crippen LogP contribution in [0.2, 0.25) is 0 Å². The molecule has 1 aromatic heterocycles. The minimum atomic E-state index is -0.575. The lowest BCUT2D eigenvalue weighted by molar-refractivity contribution is -0.110. The largest absolute Gasteiger partial charge is 0.508 e. The van der Waals surface area contributed by atoms with Gasteiger partial charge in [-0.25, -0.2) is 4.79 Å². The fourth-order valence-corrected chi connectivity index (χ4v) is 2.91. The number of aromatic hydroxyl groups is 1. The number of aromatic nitrogens is 1. The van der Waals surface area contributed by atoms with E-state index in [2.05, 4.69) is 4.98 Å². The van der Waals surface area contributed by atoms with Gasteiger partial charge in [0.1, 0.15) is 5.76 Å². The van der Waals surface area contributed by atoms with Crippen LogP contribution in [-0.2, 0) is 4.79 Å². The molecule has 0 saturated heterocycles. The molecule has 0 atom stereocenters. The molecule has 2 aromatic carbocycles. The van der Waals surface area contributed by atoms with Crippen molar-refractivity contribution >= 4 is 23.9 Å². The van der Waals surface area contributed by atoms with Gasteiger partial charge < -0.3 is 24.4 Å². The van der Waals surface area contributed by atoms with Gasteiger partial charge in [-0.15, -0.1) is 0 Å². The summed E-state index contributed by atoms with van der Waals surface area (Å²) in [5.41, 5.74) is 1.59. The highest BCUT2D eigenvalue weighted by Gasteiger charge is 2.12. The molecular weight excluding hydrogens is 450 g/mol. The Hall–Kier alpha value is -4.85.